The third-order valence-corrected chi connectivity index (χ3v) is 16.9. The van der Waals surface area contributed by atoms with Gasteiger partial charge in [0.05, 0.1) is 36.4 Å². The summed E-state index contributed by atoms with van der Waals surface area (Å²) in [6.07, 6.45) is 17.7. The van der Waals surface area contributed by atoms with Crippen molar-refractivity contribution >= 4 is 35.4 Å². The fraction of sp³-hybridized carbons (Fsp3) is 0.655. The SMILES string of the molecule is CNC(C)C(=O)NC(C(=O)N1CCCC1C(=O)NC1c2ccccc2CC1OCCCCCCOC1Cc2ccccc2C1NC(=O)C1CCCN1C(=O)C(NC(=O)C(C)NC)C1CCCCC1)C1=CCCCC1. The topological polar surface area (TPSA) is 200 Å². The van der Waals surface area contributed by atoms with E-state index in [2.05, 4.69) is 62.2 Å². The normalized spacial score (nSPS) is 25.3. The molecule has 0 radical (unpaired) electrons. The molecule has 2 heterocycles. The molecule has 0 aromatic heterocycles. The number of amides is 6. The van der Waals surface area contributed by atoms with Crippen molar-refractivity contribution in [2.45, 2.75) is 196 Å². The van der Waals surface area contributed by atoms with Gasteiger partial charge in [-0.05, 0) is 139 Å². The maximum atomic E-state index is 14.4. The summed E-state index contributed by atoms with van der Waals surface area (Å²) in [7, 11) is 3.45. The van der Waals surface area contributed by atoms with Crippen LogP contribution in [0.15, 0.2) is 60.2 Å². The fourth-order valence-corrected chi connectivity index (χ4v) is 12.3. The van der Waals surface area contributed by atoms with E-state index in [1.807, 2.05) is 24.3 Å². The van der Waals surface area contributed by atoms with Crippen LogP contribution in [0.3, 0.4) is 0 Å². The van der Waals surface area contributed by atoms with Crippen LogP contribution in [0.25, 0.3) is 0 Å². The molecule has 6 amide bonds. The number of allylic oxidation sites excluding steroid dienone is 1. The Bertz CT molecular complexity index is 2300. The van der Waals surface area contributed by atoms with Crippen molar-refractivity contribution in [3.63, 3.8) is 0 Å². The molecule has 0 spiro atoms. The summed E-state index contributed by atoms with van der Waals surface area (Å²) in [5.41, 5.74) is 5.31. The second-order valence-electron chi connectivity index (χ2n) is 21.8. The van der Waals surface area contributed by atoms with Crippen molar-refractivity contribution in [2.24, 2.45) is 5.92 Å². The van der Waals surface area contributed by atoms with Crippen LogP contribution in [0.2, 0.25) is 0 Å². The molecule has 10 unspecified atom stereocenters. The minimum absolute atomic E-state index is 0.0473. The van der Waals surface area contributed by atoms with Gasteiger partial charge in [0.1, 0.15) is 24.2 Å². The molecule has 16 nitrogen and oxygen atoms in total. The van der Waals surface area contributed by atoms with Gasteiger partial charge in [0.2, 0.25) is 35.4 Å². The first kappa shape index (κ1) is 55.1. The Labute approximate surface area is 439 Å². The highest BCUT2D eigenvalue weighted by atomic mass is 16.5. The fourth-order valence-electron chi connectivity index (χ4n) is 12.3. The zero-order chi connectivity index (χ0) is 52.1. The average Bonchev–Trinajstić information content (AvgIpc) is 4.26. The summed E-state index contributed by atoms with van der Waals surface area (Å²) in [4.78, 5) is 86.8. The molecule has 74 heavy (non-hydrogen) atoms. The summed E-state index contributed by atoms with van der Waals surface area (Å²) >= 11 is 0. The maximum absolute atomic E-state index is 14.4. The summed E-state index contributed by atoms with van der Waals surface area (Å²) < 4.78 is 13.1. The number of nitrogens with one attached hydrogen (secondary N) is 6. The first-order chi connectivity index (χ1) is 36.0. The minimum atomic E-state index is -0.792. The van der Waals surface area contributed by atoms with Crippen LogP contribution in [-0.2, 0) is 51.1 Å². The lowest BCUT2D eigenvalue weighted by atomic mass is 9.83. The first-order valence-electron chi connectivity index (χ1n) is 28.2. The van der Waals surface area contributed by atoms with E-state index >= 15 is 0 Å². The van der Waals surface area contributed by atoms with Gasteiger partial charge in [-0.2, -0.15) is 0 Å². The molecule has 1 saturated carbocycles. The second kappa shape index (κ2) is 26.6. The van der Waals surface area contributed by atoms with Crippen LogP contribution in [0, 0.1) is 5.92 Å². The molecular formula is C58H84N8O8. The summed E-state index contributed by atoms with van der Waals surface area (Å²) in [5.74, 6) is -1.15. The Balaban J connectivity index is 0.812. The van der Waals surface area contributed by atoms with Crippen molar-refractivity contribution in [1.82, 2.24) is 41.7 Å². The number of likely N-dealkylation sites (N-methyl/N-ethyl adjacent to an activating group) is 2. The predicted octanol–water partition coefficient (Wildman–Crippen LogP) is 5.39. The lowest BCUT2D eigenvalue weighted by molar-refractivity contribution is -0.143. The Morgan fingerprint density at radius 3 is 1.62 bits per heavy atom. The monoisotopic (exact) mass is 1020 g/mol. The van der Waals surface area contributed by atoms with Crippen LogP contribution in [0.5, 0.6) is 0 Å². The molecule has 3 fully saturated rings. The minimum Gasteiger partial charge on any atom is -0.375 e. The Morgan fingerprint density at radius 2 is 1.11 bits per heavy atom. The van der Waals surface area contributed by atoms with Gasteiger partial charge >= 0.3 is 0 Å². The largest absolute Gasteiger partial charge is 0.375 e. The van der Waals surface area contributed by atoms with E-state index in [-0.39, 0.29) is 65.7 Å². The lowest BCUT2D eigenvalue weighted by Crippen LogP contribution is -2.58. The highest BCUT2D eigenvalue weighted by molar-refractivity contribution is 5.96. The number of carbonyl (C=O) groups is 6. The second-order valence-corrected chi connectivity index (χ2v) is 21.8. The molecule has 6 N–H and O–H groups in total. The van der Waals surface area contributed by atoms with Crippen LogP contribution < -0.4 is 31.9 Å². The molecule has 2 saturated heterocycles. The van der Waals surface area contributed by atoms with Gasteiger partial charge in [-0.25, -0.2) is 0 Å². The molecule has 6 aliphatic rings. The first-order valence-corrected chi connectivity index (χ1v) is 28.2. The number of unbranched alkanes of at least 4 members (excludes halogenated alkanes) is 3. The maximum Gasteiger partial charge on any atom is 0.250 e. The molecule has 8 rings (SSSR count). The smallest absolute Gasteiger partial charge is 0.250 e. The number of hydrogen-bond acceptors (Lipinski definition) is 10. The van der Waals surface area contributed by atoms with Crippen LogP contribution >= 0.6 is 0 Å². The van der Waals surface area contributed by atoms with Gasteiger partial charge in [0.15, 0.2) is 0 Å². The third-order valence-electron chi connectivity index (χ3n) is 16.9. The summed E-state index contributed by atoms with van der Waals surface area (Å²) in [6.45, 7) is 5.58. The molecule has 404 valence electrons. The van der Waals surface area contributed by atoms with E-state index < -0.39 is 36.3 Å². The molecule has 2 aliphatic heterocycles. The number of carbonyl (C=O) groups excluding carboxylic acids is 6. The van der Waals surface area contributed by atoms with E-state index in [9.17, 15) is 28.8 Å². The highest BCUT2D eigenvalue weighted by Gasteiger charge is 2.45. The van der Waals surface area contributed by atoms with E-state index in [0.717, 1.165) is 118 Å². The van der Waals surface area contributed by atoms with Gasteiger partial charge in [-0.15, -0.1) is 0 Å². The van der Waals surface area contributed by atoms with Crippen LogP contribution in [0.4, 0.5) is 0 Å². The number of fused-ring (bicyclic) bond motifs is 2. The number of benzene rings is 2. The number of hydrogen-bond donors (Lipinski definition) is 6. The quantitative estimate of drug-likeness (QED) is 0.0620. The van der Waals surface area contributed by atoms with E-state index in [1.54, 1.807) is 37.7 Å². The van der Waals surface area contributed by atoms with E-state index in [1.165, 1.54) is 0 Å². The van der Waals surface area contributed by atoms with Crippen molar-refractivity contribution < 1.29 is 38.2 Å². The standard InChI is InChI=1S/C58H84N8O8/c1-37(59-3)53(67)61-49(39-21-9-7-10-22-39)57(71)65-31-19-29-45(65)55(69)63-51-43-27-15-13-25-41(43)35-47(51)73-33-17-5-6-18-34-74-48-36-42-26-14-16-28-44(42)52(48)64-56(70)46-30-20-32-66(46)58(72)50(40-23-11-8-12-24-40)62-54(68)38(2)60-4/h13-16,21,25-28,37-38,40,45-52,59-60H,5-12,17-20,22-24,29-36H2,1-4H3,(H,61,67)(H,62,68)(H,63,69)(H,64,70). The summed E-state index contributed by atoms with van der Waals surface area (Å²) in [6, 6.07) is 12.0. The van der Waals surface area contributed by atoms with Crippen molar-refractivity contribution in [2.75, 3.05) is 40.4 Å². The molecule has 0 bridgehead atoms. The molecule has 10 atom stereocenters. The Morgan fingerprint density at radius 1 is 0.595 bits per heavy atom. The third kappa shape index (κ3) is 13.3. The van der Waals surface area contributed by atoms with Crippen molar-refractivity contribution in [1.29, 1.82) is 0 Å². The Kier molecular flexibility index (Phi) is 19.8. The van der Waals surface area contributed by atoms with E-state index in [4.69, 9.17) is 9.47 Å². The number of likely N-dealkylation sites (tertiary alicyclic amines) is 2. The molecular weight excluding hydrogens is 937 g/mol. The highest BCUT2D eigenvalue weighted by Crippen LogP contribution is 2.37. The van der Waals surface area contributed by atoms with Gasteiger partial charge < -0.3 is 51.2 Å². The zero-order valence-corrected chi connectivity index (χ0v) is 44.5. The molecule has 2 aromatic carbocycles. The van der Waals surface area contributed by atoms with Crippen molar-refractivity contribution in [3.05, 3.63) is 82.4 Å². The molecule has 16 heteroatoms. The molecule has 2 aromatic rings. The lowest BCUT2D eigenvalue weighted by Gasteiger charge is -2.35. The van der Waals surface area contributed by atoms with Crippen LogP contribution in [0.1, 0.15) is 157 Å². The average molecular weight is 1020 g/mol. The Hall–Kier alpha value is -5.16. The number of ether oxygens (including phenoxy) is 2. The predicted molar refractivity (Wildman–Crippen MR) is 284 cm³/mol. The van der Waals surface area contributed by atoms with Gasteiger partial charge in [0, 0.05) is 39.1 Å². The van der Waals surface area contributed by atoms with E-state index in [0.29, 0.717) is 58.4 Å². The number of rotatable bonds is 23. The molecule has 4 aliphatic carbocycles. The number of nitrogens with zero attached hydrogens (tertiary/aromatic N) is 2. The van der Waals surface area contributed by atoms with Crippen LogP contribution in [-0.4, -0.2) is 134 Å². The van der Waals surface area contributed by atoms with Gasteiger partial charge in [0.25, 0.3) is 0 Å². The van der Waals surface area contributed by atoms with Crippen molar-refractivity contribution in [3.8, 4) is 0 Å². The van der Waals surface area contributed by atoms with Gasteiger partial charge in [-0.1, -0.05) is 86.7 Å². The zero-order valence-electron chi connectivity index (χ0n) is 44.5. The summed E-state index contributed by atoms with van der Waals surface area (Å²) in [5, 5.41) is 18.7. The van der Waals surface area contributed by atoms with Gasteiger partial charge in [-0.3, -0.25) is 28.8 Å².